The quantitative estimate of drug-likeness (QED) is 0.782. The van der Waals surface area contributed by atoms with Crippen LogP contribution in [-0.2, 0) is 4.74 Å². The van der Waals surface area contributed by atoms with Crippen molar-refractivity contribution in [1.82, 2.24) is 10.2 Å². The molecule has 21 heavy (non-hydrogen) atoms. The average Bonchev–Trinajstić information content (AvgIpc) is 3.30. The molecular weight excluding hydrogens is 264 g/mol. The first-order valence-corrected chi connectivity index (χ1v) is 8.87. The number of rotatable bonds is 6. The van der Waals surface area contributed by atoms with E-state index in [1.807, 2.05) is 0 Å². The topological polar surface area (TPSA) is 44.7 Å². The Morgan fingerprint density at radius 3 is 2.90 bits per heavy atom. The van der Waals surface area contributed by atoms with Gasteiger partial charge in [-0.05, 0) is 37.0 Å². The first-order valence-electron chi connectivity index (χ1n) is 8.87. The normalized spacial score (nSPS) is 38.6. The largest absolute Gasteiger partial charge is 0.394 e. The number of ether oxygens (including phenoxy) is 1. The molecule has 3 aliphatic rings. The van der Waals surface area contributed by atoms with Crippen LogP contribution in [0.2, 0.25) is 0 Å². The summed E-state index contributed by atoms with van der Waals surface area (Å²) in [5.41, 5.74) is 0.442. The molecular formula is C17H32N2O2. The van der Waals surface area contributed by atoms with Crippen LogP contribution in [0.4, 0.5) is 0 Å². The van der Waals surface area contributed by atoms with Gasteiger partial charge in [0.2, 0.25) is 0 Å². The molecule has 0 aromatic heterocycles. The molecule has 3 fully saturated rings. The van der Waals surface area contributed by atoms with Crippen LogP contribution in [0.25, 0.3) is 0 Å². The van der Waals surface area contributed by atoms with Crippen molar-refractivity contribution in [3.63, 3.8) is 0 Å². The molecule has 1 saturated heterocycles. The van der Waals surface area contributed by atoms with Crippen molar-refractivity contribution in [3.8, 4) is 0 Å². The van der Waals surface area contributed by atoms with E-state index in [4.69, 9.17) is 4.74 Å². The van der Waals surface area contributed by atoms with E-state index in [1.54, 1.807) is 0 Å². The molecule has 0 amide bonds. The maximum absolute atomic E-state index is 9.34. The third kappa shape index (κ3) is 4.41. The highest BCUT2D eigenvalue weighted by Crippen LogP contribution is 2.40. The molecule has 3 atom stereocenters. The molecule has 1 aliphatic heterocycles. The van der Waals surface area contributed by atoms with Gasteiger partial charge in [-0.25, -0.2) is 0 Å². The number of hydrogen-bond donors (Lipinski definition) is 2. The summed E-state index contributed by atoms with van der Waals surface area (Å²) in [5, 5.41) is 13.1. The van der Waals surface area contributed by atoms with Gasteiger partial charge in [0.15, 0.2) is 0 Å². The zero-order valence-electron chi connectivity index (χ0n) is 13.5. The predicted octanol–water partition coefficient (Wildman–Crippen LogP) is 1.63. The molecule has 122 valence electrons. The summed E-state index contributed by atoms with van der Waals surface area (Å²) in [6, 6.07) is 0.800. The minimum atomic E-state index is 0.0215. The van der Waals surface area contributed by atoms with Gasteiger partial charge >= 0.3 is 0 Å². The molecule has 2 saturated carbocycles. The van der Waals surface area contributed by atoms with E-state index >= 15 is 0 Å². The van der Waals surface area contributed by atoms with Crippen molar-refractivity contribution < 1.29 is 9.84 Å². The van der Waals surface area contributed by atoms with E-state index in [2.05, 4.69) is 17.1 Å². The molecule has 4 heteroatoms. The van der Waals surface area contributed by atoms with Gasteiger partial charge in [0.05, 0.1) is 19.3 Å². The monoisotopic (exact) mass is 296 g/mol. The van der Waals surface area contributed by atoms with E-state index in [9.17, 15) is 5.11 Å². The summed E-state index contributed by atoms with van der Waals surface area (Å²) in [6.45, 7) is 7.63. The lowest BCUT2D eigenvalue weighted by Crippen LogP contribution is -2.52. The average molecular weight is 296 g/mol. The SMILES string of the molecule is CC1CCCC(CNC2CC2)(CN2CCOC(CO)C2)C1. The number of nitrogens with zero attached hydrogens (tertiary/aromatic N) is 1. The summed E-state index contributed by atoms with van der Waals surface area (Å²) < 4.78 is 5.60. The highest BCUT2D eigenvalue weighted by molar-refractivity contribution is 4.93. The molecule has 0 aromatic carbocycles. The summed E-state index contributed by atoms with van der Waals surface area (Å²) >= 11 is 0. The van der Waals surface area contributed by atoms with Crippen LogP contribution >= 0.6 is 0 Å². The van der Waals surface area contributed by atoms with Gasteiger partial charge in [-0.15, -0.1) is 0 Å². The lowest BCUT2D eigenvalue weighted by Gasteiger charge is -2.45. The highest BCUT2D eigenvalue weighted by Gasteiger charge is 2.38. The third-order valence-corrected chi connectivity index (χ3v) is 5.51. The Morgan fingerprint density at radius 1 is 1.33 bits per heavy atom. The smallest absolute Gasteiger partial charge is 0.0932 e. The maximum Gasteiger partial charge on any atom is 0.0932 e. The lowest BCUT2D eigenvalue weighted by molar-refractivity contribution is -0.0670. The maximum atomic E-state index is 9.34. The van der Waals surface area contributed by atoms with Gasteiger partial charge in [-0.2, -0.15) is 0 Å². The van der Waals surface area contributed by atoms with Crippen LogP contribution in [0.1, 0.15) is 45.4 Å². The number of aliphatic hydroxyl groups is 1. The van der Waals surface area contributed by atoms with Crippen LogP contribution in [0.5, 0.6) is 0 Å². The van der Waals surface area contributed by atoms with Crippen LogP contribution in [-0.4, -0.2) is 61.5 Å². The standard InChI is InChI=1S/C17H32N2O2/c1-14-3-2-6-17(9-14,12-18-15-4-5-15)13-19-7-8-21-16(10-19)11-20/h14-16,18,20H,2-13H2,1H3. The van der Waals surface area contributed by atoms with Crippen molar-refractivity contribution in [2.45, 2.75) is 57.6 Å². The van der Waals surface area contributed by atoms with Crippen molar-refractivity contribution >= 4 is 0 Å². The van der Waals surface area contributed by atoms with E-state index in [1.165, 1.54) is 51.6 Å². The Bertz CT molecular complexity index is 335. The van der Waals surface area contributed by atoms with Crippen LogP contribution in [0.3, 0.4) is 0 Å². The van der Waals surface area contributed by atoms with E-state index < -0.39 is 0 Å². The Morgan fingerprint density at radius 2 is 2.19 bits per heavy atom. The first kappa shape index (κ1) is 15.7. The Kier molecular flexibility index (Phi) is 5.20. The zero-order valence-corrected chi connectivity index (χ0v) is 13.5. The fraction of sp³-hybridized carbons (Fsp3) is 1.00. The van der Waals surface area contributed by atoms with Crippen LogP contribution in [0, 0.1) is 11.3 Å². The highest BCUT2D eigenvalue weighted by atomic mass is 16.5. The molecule has 0 spiro atoms. The van der Waals surface area contributed by atoms with Gasteiger partial charge < -0.3 is 15.2 Å². The Labute approximate surface area is 129 Å². The summed E-state index contributed by atoms with van der Waals surface area (Å²) in [4.78, 5) is 2.54. The summed E-state index contributed by atoms with van der Waals surface area (Å²) in [5.74, 6) is 0.856. The van der Waals surface area contributed by atoms with E-state index in [0.29, 0.717) is 5.41 Å². The molecule has 0 bridgehead atoms. The van der Waals surface area contributed by atoms with Crippen molar-refractivity contribution in [2.24, 2.45) is 11.3 Å². The van der Waals surface area contributed by atoms with E-state index in [-0.39, 0.29) is 12.7 Å². The van der Waals surface area contributed by atoms with E-state index in [0.717, 1.165) is 31.7 Å². The Balaban J connectivity index is 1.60. The number of aliphatic hydroxyl groups excluding tert-OH is 1. The number of hydrogen-bond acceptors (Lipinski definition) is 4. The third-order valence-electron chi connectivity index (χ3n) is 5.51. The second-order valence-electron chi connectivity index (χ2n) is 7.77. The van der Waals surface area contributed by atoms with Crippen molar-refractivity contribution in [1.29, 1.82) is 0 Å². The predicted molar refractivity (Wildman–Crippen MR) is 84.4 cm³/mol. The lowest BCUT2D eigenvalue weighted by atomic mass is 9.69. The van der Waals surface area contributed by atoms with Gasteiger partial charge in [-0.3, -0.25) is 4.90 Å². The van der Waals surface area contributed by atoms with Gasteiger partial charge in [0.25, 0.3) is 0 Å². The van der Waals surface area contributed by atoms with Crippen molar-refractivity contribution in [2.75, 3.05) is 39.4 Å². The molecule has 4 nitrogen and oxygen atoms in total. The Hall–Kier alpha value is -0.160. The molecule has 2 N–H and O–H groups in total. The van der Waals surface area contributed by atoms with Gasteiger partial charge in [0, 0.05) is 32.2 Å². The fourth-order valence-electron chi connectivity index (χ4n) is 4.29. The zero-order chi connectivity index (χ0) is 14.7. The molecule has 0 radical (unpaired) electrons. The molecule has 3 unspecified atom stereocenters. The molecule has 0 aromatic rings. The summed E-state index contributed by atoms with van der Waals surface area (Å²) in [7, 11) is 0. The molecule has 3 rings (SSSR count). The second-order valence-corrected chi connectivity index (χ2v) is 7.77. The molecule has 1 heterocycles. The van der Waals surface area contributed by atoms with Crippen molar-refractivity contribution in [3.05, 3.63) is 0 Å². The first-order chi connectivity index (χ1) is 10.2. The fourth-order valence-corrected chi connectivity index (χ4v) is 4.29. The van der Waals surface area contributed by atoms with Gasteiger partial charge in [0.1, 0.15) is 0 Å². The van der Waals surface area contributed by atoms with Gasteiger partial charge in [-0.1, -0.05) is 19.8 Å². The second kappa shape index (κ2) is 6.95. The minimum Gasteiger partial charge on any atom is -0.394 e. The molecule has 2 aliphatic carbocycles. The number of nitrogens with one attached hydrogen (secondary N) is 1. The number of morpholine rings is 1. The summed E-state index contributed by atoms with van der Waals surface area (Å²) in [6.07, 6.45) is 8.25. The van der Waals surface area contributed by atoms with Crippen LogP contribution in [0.15, 0.2) is 0 Å². The minimum absolute atomic E-state index is 0.0215. The van der Waals surface area contributed by atoms with Crippen LogP contribution < -0.4 is 5.32 Å².